The summed E-state index contributed by atoms with van der Waals surface area (Å²) in [6.45, 7) is 3.29. The third kappa shape index (κ3) is 2.75. The van der Waals surface area contributed by atoms with E-state index in [9.17, 15) is 14.3 Å². The molecule has 1 N–H and O–H groups in total. The Morgan fingerprint density at radius 3 is 3.00 bits per heavy atom. The first kappa shape index (κ1) is 15.4. The minimum atomic E-state index is -0.450. The van der Waals surface area contributed by atoms with Gasteiger partial charge >= 0.3 is 0 Å². The molecule has 2 fully saturated rings. The maximum atomic E-state index is 14.2. The number of halogens is 1. The summed E-state index contributed by atoms with van der Waals surface area (Å²) < 4.78 is 19.7. The number of aryl methyl sites for hydroxylation is 1. The summed E-state index contributed by atoms with van der Waals surface area (Å²) in [5.74, 6) is -0.798. The molecule has 2 aliphatic heterocycles. The van der Waals surface area contributed by atoms with Crippen molar-refractivity contribution < 1.29 is 19.0 Å². The molecule has 5 heteroatoms. The molecule has 120 valence electrons. The van der Waals surface area contributed by atoms with E-state index in [2.05, 4.69) is 0 Å². The van der Waals surface area contributed by atoms with Crippen molar-refractivity contribution in [2.45, 2.75) is 38.3 Å². The van der Waals surface area contributed by atoms with Crippen molar-refractivity contribution in [3.05, 3.63) is 35.1 Å². The van der Waals surface area contributed by atoms with Crippen LogP contribution in [0.1, 0.15) is 35.2 Å². The molecule has 1 amide bonds. The van der Waals surface area contributed by atoms with E-state index in [1.807, 2.05) is 0 Å². The van der Waals surface area contributed by atoms with Gasteiger partial charge in [-0.15, -0.1) is 0 Å². The van der Waals surface area contributed by atoms with Gasteiger partial charge in [0.05, 0.1) is 18.3 Å². The monoisotopic (exact) mass is 307 g/mol. The first-order chi connectivity index (χ1) is 10.6. The van der Waals surface area contributed by atoms with Crippen molar-refractivity contribution in [1.29, 1.82) is 0 Å². The lowest BCUT2D eigenvalue weighted by Crippen LogP contribution is -2.48. The lowest BCUT2D eigenvalue weighted by molar-refractivity contribution is -0.0589. The van der Waals surface area contributed by atoms with Crippen LogP contribution in [0.2, 0.25) is 0 Å². The van der Waals surface area contributed by atoms with E-state index in [1.54, 1.807) is 24.0 Å². The van der Waals surface area contributed by atoms with Crippen LogP contribution in [0, 0.1) is 18.7 Å². The molecule has 1 aromatic carbocycles. The van der Waals surface area contributed by atoms with Gasteiger partial charge in [-0.2, -0.15) is 0 Å². The number of hydrogen-bond acceptors (Lipinski definition) is 3. The average Bonchev–Trinajstić information content (AvgIpc) is 2.99. The Hall–Kier alpha value is -1.46. The zero-order chi connectivity index (χ0) is 15.7. The molecule has 22 heavy (non-hydrogen) atoms. The van der Waals surface area contributed by atoms with Crippen molar-refractivity contribution >= 4 is 5.91 Å². The number of rotatable bonds is 2. The summed E-state index contributed by atoms with van der Waals surface area (Å²) in [7, 11) is 0. The maximum Gasteiger partial charge on any atom is 0.257 e. The van der Waals surface area contributed by atoms with Gasteiger partial charge in [-0.25, -0.2) is 4.39 Å². The number of hydrogen-bond donors (Lipinski definition) is 1. The molecule has 0 radical (unpaired) electrons. The number of aliphatic hydroxyl groups excluding tert-OH is 1. The molecule has 3 rings (SSSR count). The molecule has 4 nitrogen and oxygen atoms in total. The number of carbonyl (C=O) groups is 1. The molecule has 1 aromatic rings. The number of likely N-dealkylation sites (tertiary alicyclic amines) is 1. The normalized spacial score (nSPS) is 28.9. The fourth-order valence-electron chi connectivity index (χ4n) is 3.57. The fraction of sp³-hybridized carbons (Fsp3) is 0.588. The van der Waals surface area contributed by atoms with Crippen LogP contribution < -0.4 is 0 Å². The van der Waals surface area contributed by atoms with Gasteiger partial charge in [0, 0.05) is 25.1 Å². The van der Waals surface area contributed by atoms with Crippen molar-refractivity contribution in [3.63, 3.8) is 0 Å². The Morgan fingerprint density at radius 2 is 2.23 bits per heavy atom. The Kier molecular flexibility index (Phi) is 4.45. The van der Waals surface area contributed by atoms with Crippen molar-refractivity contribution in [2.24, 2.45) is 5.92 Å². The fourth-order valence-corrected chi connectivity index (χ4v) is 3.57. The first-order valence-corrected chi connectivity index (χ1v) is 7.91. The Labute approximate surface area is 129 Å². The summed E-state index contributed by atoms with van der Waals surface area (Å²) in [5.41, 5.74) is 0.598. The number of carbonyl (C=O) groups excluding carboxylic acids is 1. The second-order valence-electron chi connectivity index (χ2n) is 6.24. The van der Waals surface area contributed by atoms with Gasteiger partial charge in [-0.1, -0.05) is 12.1 Å². The van der Waals surface area contributed by atoms with E-state index in [-0.39, 0.29) is 23.4 Å². The quantitative estimate of drug-likeness (QED) is 0.910. The van der Waals surface area contributed by atoms with Crippen molar-refractivity contribution in [1.82, 2.24) is 4.90 Å². The summed E-state index contributed by atoms with van der Waals surface area (Å²) >= 11 is 0. The Bertz CT molecular complexity index is 563. The largest absolute Gasteiger partial charge is 0.393 e. The predicted molar refractivity (Wildman–Crippen MR) is 80.1 cm³/mol. The van der Waals surface area contributed by atoms with Crippen LogP contribution >= 0.6 is 0 Å². The highest BCUT2D eigenvalue weighted by Crippen LogP contribution is 2.31. The summed E-state index contributed by atoms with van der Waals surface area (Å²) in [6.07, 6.45) is 1.87. The summed E-state index contributed by atoms with van der Waals surface area (Å²) in [5, 5.41) is 10.2. The third-order valence-corrected chi connectivity index (χ3v) is 4.84. The summed E-state index contributed by atoms with van der Waals surface area (Å²) in [4.78, 5) is 14.5. The molecular formula is C17H22FNO3. The molecule has 2 heterocycles. The Morgan fingerprint density at radius 1 is 1.41 bits per heavy atom. The lowest BCUT2D eigenvalue weighted by Gasteiger charge is -2.37. The van der Waals surface area contributed by atoms with Crippen LogP contribution in [0.4, 0.5) is 4.39 Å². The highest BCUT2D eigenvalue weighted by molar-refractivity contribution is 5.95. The minimum Gasteiger partial charge on any atom is -0.393 e. The van der Waals surface area contributed by atoms with Gasteiger partial charge in [0.15, 0.2) is 0 Å². The predicted octanol–water partition coefficient (Wildman–Crippen LogP) is 2.14. The van der Waals surface area contributed by atoms with Gasteiger partial charge in [-0.05, 0) is 37.8 Å². The van der Waals surface area contributed by atoms with Crippen LogP contribution in [-0.4, -0.2) is 47.8 Å². The second kappa shape index (κ2) is 6.34. The van der Waals surface area contributed by atoms with Crippen LogP contribution in [0.25, 0.3) is 0 Å². The van der Waals surface area contributed by atoms with Crippen molar-refractivity contribution in [2.75, 3.05) is 19.8 Å². The molecule has 0 aromatic heterocycles. The molecule has 0 unspecified atom stereocenters. The molecule has 2 saturated heterocycles. The molecule has 0 aliphatic carbocycles. The molecule has 0 bridgehead atoms. The zero-order valence-electron chi connectivity index (χ0n) is 12.8. The van der Waals surface area contributed by atoms with Gasteiger partial charge in [-0.3, -0.25) is 4.79 Å². The van der Waals surface area contributed by atoms with E-state index in [1.165, 1.54) is 6.07 Å². The van der Waals surface area contributed by atoms with Crippen molar-refractivity contribution in [3.8, 4) is 0 Å². The number of ether oxygens (including phenoxy) is 1. The topological polar surface area (TPSA) is 49.8 Å². The molecular weight excluding hydrogens is 285 g/mol. The third-order valence-electron chi connectivity index (χ3n) is 4.84. The van der Waals surface area contributed by atoms with Gasteiger partial charge in [0.2, 0.25) is 0 Å². The van der Waals surface area contributed by atoms with E-state index in [0.717, 1.165) is 12.8 Å². The van der Waals surface area contributed by atoms with E-state index in [4.69, 9.17) is 4.74 Å². The molecule has 0 saturated carbocycles. The van der Waals surface area contributed by atoms with Crippen LogP contribution in [0.3, 0.4) is 0 Å². The number of aliphatic hydroxyl groups is 1. The minimum absolute atomic E-state index is 0.0669. The zero-order valence-corrected chi connectivity index (χ0v) is 12.8. The lowest BCUT2D eigenvalue weighted by atomic mass is 9.89. The number of benzene rings is 1. The Balaban J connectivity index is 1.83. The van der Waals surface area contributed by atoms with Crippen LogP contribution in [0.5, 0.6) is 0 Å². The highest BCUT2D eigenvalue weighted by Gasteiger charge is 2.40. The van der Waals surface area contributed by atoms with Gasteiger partial charge in [0.1, 0.15) is 5.82 Å². The smallest absolute Gasteiger partial charge is 0.257 e. The SMILES string of the molecule is Cc1cccc(C(=O)N2CCC[C@@H]2[C@@H]2COCC[C@@H]2O)c1F. The van der Waals surface area contributed by atoms with Crippen LogP contribution in [-0.2, 0) is 4.74 Å². The van der Waals surface area contributed by atoms with Gasteiger partial charge < -0.3 is 14.7 Å². The highest BCUT2D eigenvalue weighted by atomic mass is 19.1. The number of amides is 1. The molecule has 3 atom stereocenters. The number of nitrogens with zero attached hydrogens (tertiary/aromatic N) is 1. The maximum absolute atomic E-state index is 14.2. The second-order valence-corrected chi connectivity index (χ2v) is 6.24. The van der Waals surface area contributed by atoms with E-state index in [0.29, 0.717) is 31.7 Å². The molecule has 0 spiro atoms. The van der Waals surface area contributed by atoms with E-state index >= 15 is 0 Å². The average molecular weight is 307 g/mol. The van der Waals surface area contributed by atoms with Crippen LogP contribution in [0.15, 0.2) is 18.2 Å². The van der Waals surface area contributed by atoms with Gasteiger partial charge in [0.25, 0.3) is 5.91 Å². The first-order valence-electron chi connectivity index (χ1n) is 7.91. The van der Waals surface area contributed by atoms with E-state index < -0.39 is 11.9 Å². The summed E-state index contributed by atoms with van der Waals surface area (Å²) in [6, 6.07) is 4.83. The molecule has 2 aliphatic rings. The standard InChI is InChI=1S/C17H22FNO3/c1-11-4-2-5-12(16(11)18)17(21)19-8-3-6-14(19)13-10-22-9-7-15(13)20/h2,4-5,13-15,20H,3,6-10H2,1H3/t13-,14+,15-/m0/s1.